The van der Waals surface area contributed by atoms with Crippen molar-refractivity contribution in [2.24, 2.45) is 0 Å². The van der Waals surface area contributed by atoms with Crippen LogP contribution in [0.5, 0.6) is 0 Å². The number of aromatic nitrogens is 3. The highest BCUT2D eigenvalue weighted by Crippen LogP contribution is 2.27. The van der Waals surface area contributed by atoms with Gasteiger partial charge < -0.3 is 4.90 Å². The number of hydrogen-bond acceptors (Lipinski definition) is 4. The summed E-state index contributed by atoms with van der Waals surface area (Å²) in [6.45, 7) is 3.67. The molecule has 4 rings (SSSR count). The van der Waals surface area contributed by atoms with Crippen molar-refractivity contribution < 1.29 is 0 Å². The molecule has 0 amide bonds. The number of halogens is 1. The van der Waals surface area contributed by atoms with Crippen LogP contribution in [0.2, 0.25) is 5.02 Å². The highest BCUT2D eigenvalue weighted by Gasteiger charge is 2.22. The molecule has 5 heteroatoms. The second-order valence-corrected chi connectivity index (χ2v) is 5.91. The standard InChI is InChI=1S/C17H15ClN4/c1-2-16-19-8-12-9-22(10-15(12)20-16)17-6-3-11-7-13(18)4-5-14(11)21-17/h3-8H,2,9-10H2,1H3. The van der Waals surface area contributed by atoms with Crippen LogP contribution in [0.1, 0.15) is 24.0 Å². The van der Waals surface area contributed by atoms with Gasteiger partial charge in [-0.3, -0.25) is 0 Å². The molecule has 0 N–H and O–H groups in total. The summed E-state index contributed by atoms with van der Waals surface area (Å²) in [7, 11) is 0. The minimum absolute atomic E-state index is 0.734. The molecule has 2 aromatic heterocycles. The molecule has 1 aliphatic rings. The van der Waals surface area contributed by atoms with Crippen molar-refractivity contribution >= 4 is 28.3 Å². The summed E-state index contributed by atoms with van der Waals surface area (Å²) in [6.07, 6.45) is 2.81. The van der Waals surface area contributed by atoms with E-state index in [4.69, 9.17) is 16.6 Å². The van der Waals surface area contributed by atoms with Gasteiger partial charge >= 0.3 is 0 Å². The van der Waals surface area contributed by atoms with Crippen LogP contribution in [0.3, 0.4) is 0 Å². The number of fused-ring (bicyclic) bond motifs is 2. The molecule has 0 atom stereocenters. The molecule has 1 aromatic carbocycles. The largest absolute Gasteiger partial charge is 0.346 e. The van der Waals surface area contributed by atoms with Crippen molar-refractivity contribution in [1.82, 2.24) is 15.0 Å². The van der Waals surface area contributed by atoms with Gasteiger partial charge in [0.15, 0.2) is 0 Å². The summed E-state index contributed by atoms with van der Waals surface area (Å²) >= 11 is 6.02. The summed E-state index contributed by atoms with van der Waals surface area (Å²) < 4.78 is 0. The molecule has 0 fully saturated rings. The molecule has 3 aromatic rings. The number of benzene rings is 1. The fraction of sp³-hybridized carbons (Fsp3) is 0.235. The Hall–Kier alpha value is -2.20. The molecule has 0 bridgehead atoms. The lowest BCUT2D eigenvalue weighted by Gasteiger charge is -2.16. The van der Waals surface area contributed by atoms with Crippen LogP contribution in [0.15, 0.2) is 36.5 Å². The molecule has 0 saturated carbocycles. The Balaban J connectivity index is 1.67. The van der Waals surface area contributed by atoms with E-state index >= 15 is 0 Å². The maximum absolute atomic E-state index is 6.02. The summed E-state index contributed by atoms with van der Waals surface area (Å²) in [5, 5.41) is 1.79. The van der Waals surface area contributed by atoms with Crippen LogP contribution in [-0.2, 0) is 19.5 Å². The summed E-state index contributed by atoms with van der Waals surface area (Å²) in [4.78, 5) is 16.0. The van der Waals surface area contributed by atoms with Gasteiger partial charge in [-0.2, -0.15) is 0 Å². The van der Waals surface area contributed by atoms with E-state index in [1.807, 2.05) is 30.5 Å². The van der Waals surface area contributed by atoms with E-state index in [-0.39, 0.29) is 0 Å². The van der Waals surface area contributed by atoms with Gasteiger partial charge in [-0.1, -0.05) is 18.5 Å². The van der Waals surface area contributed by atoms with Gasteiger partial charge in [0.2, 0.25) is 0 Å². The van der Waals surface area contributed by atoms with Crippen LogP contribution >= 0.6 is 11.6 Å². The quantitative estimate of drug-likeness (QED) is 0.722. The van der Waals surface area contributed by atoms with Crippen LogP contribution in [-0.4, -0.2) is 15.0 Å². The number of hydrogen-bond donors (Lipinski definition) is 0. The van der Waals surface area contributed by atoms with E-state index < -0.39 is 0 Å². The Morgan fingerprint density at radius 2 is 2.05 bits per heavy atom. The second-order valence-electron chi connectivity index (χ2n) is 5.47. The highest BCUT2D eigenvalue weighted by molar-refractivity contribution is 6.31. The fourth-order valence-electron chi connectivity index (χ4n) is 2.79. The normalized spacial score (nSPS) is 13.6. The Labute approximate surface area is 133 Å². The first-order chi connectivity index (χ1) is 10.7. The average Bonchev–Trinajstić information content (AvgIpc) is 2.97. The highest BCUT2D eigenvalue weighted by atomic mass is 35.5. The maximum atomic E-state index is 6.02. The van der Waals surface area contributed by atoms with Gasteiger partial charge in [-0.05, 0) is 30.3 Å². The van der Waals surface area contributed by atoms with Gasteiger partial charge in [0.05, 0.1) is 17.8 Å². The van der Waals surface area contributed by atoms with Crippen molar-refractivity contribution in [1.29, 1.82) is 0 Å². The lowest BCUT2D eigenvalue weighted by Crippen LogP contribution is -2.16. The third kappa shape index (κ3) is 2.29. The first-order valence-electron chi connectivity index (χ1n) is 7.38. The minimum Gasteiger partial charge on any atom is -0.346 e. The van der Waals surface area contributed by atoms with Gasteiger partial charge in [0.25, 0.3) is 0 Å². The van der Waals surface area contributed by atoms with Crippen LogP contribution in [0.25, 0.3) is 10.9 Å². The first-order valence-corrected chi connectivity index (χ1v) is 7.75. The third-order valence-electron chi connectivity index (χ3n) is 3.98. The van der Waals surface area contributed by atoms with E-state index in [0.29, 0.717) is 0 Å². The van der Waals surface area contributed by atoms with Crippen molar-refractivity contribution in [3.8, 4) is 0 Å². The van der Waals surface area contributed by atoms with E-state index in [0.717, 1.165) is 52.8 Å². The summed E-state index contributed by atoms with van der Waals surface area (Å²) in [6, 6.07) is 9.87. The van der Waals surface area contributed by atoms with Gasteiger partial charge in [-0.15, -0.1) is 0 Å². The lowest BCUT2D eigenvalue weighted by atomic mass is 10.2. The van der Waals surface area contributed by atoms with E-state index in [2.05, 4.69) is 27.9 Å². The zero-order chi connectivity index (χ0) is 15.1. The zero-order valence-corrected chi connectivity index (χ0v) is 13.0. The minimum atomic E-state index is 0.734. The lowest BCUT2D eigenvalue weighted by molar-refractivity contribution is 0.845. The Morgan fingerprint density at radius 1 is 1.14 bits per heavy atom. The summed E-state index contributed by atoms with van der Waals surface area (Å²) in [5.41, 5.74) is 3.26. The number of aryl methyl sites for hydroxylation is 1. The molecule has 3 heterocycles. The third-order valence-corrected chi connectivity index (χ3v) is 4.22. The van der Waals surface area contributed by atoms with E-state index in [9.17, 15) is 0 Å². The van der Waals surface area contributed by atoms with E-state index in [1.54, 1.807) is 0 Å². The molecule has 0 saturated heterocycles. The van der Waals surface area contributed by atoms with Crippen molar-refractivity contribution in [2.75, 3.05) is 4.90 Å². The molecular formula is C17H15ClN4. The van der Waals surface area contributed by atoms with Gasteiger partial charge in [-0.25, -0.2) is 15.0 Å². The van der Waals surface area contributed by atoms with E-state index in [1.165, 1.54) is 5.56 Å². The molecule has 4 nitrogen and oxygen atoms in total. The predicted octanol–water partition coefficient (Wildman–Crippen LogP) is 3.76. The van der Waals surface area contributed by atoms with Gasteiger partial charge in [0, 0.05) is 35.1 Å². The smallest absolute Gasteiger partial charge is 0.129 e. The first kappa shape index (κ1) is 13.5. The SMILES string of the molecule is CCc1ncc2c(n1)CN(c1ccc3cc(Cl)ccc3n1)C2. The number of pyridine rings is 1. The van der Waals surface area contributed by atoms with Crippen LogP contribution in [0, 0.1) is 0 Å². The summed E-state index contributed by atoms with van der Waals surface area (Å²) in [5.74, 6) is 1.87. The van der Waals surface area contributed by atoms with Crippen molar-refractivity contribution in [3.05, 3.63) is 58.6 Å². The topological polar surface area (TPSA) is 41.9 Å². The molecular weight excluding hydrogens is 296 g/mol. The molecule has 0 radical (unpaired) electrons. The number of rotatable bonds is 2. The molecule has 22 heavy (non-hydrogen) atoms. The average molecular weight is 311 g/mol. The Morgan fingerprint density at radius 3 is 2.91 bits per heavy atom. The Kier molecular flexibility index (Phi) is 3.19. The molecule has 110 valence electrons. The Bertz CT molecular complexity index is 862. The molecule has 0 spiro atoms. The van der Waals surface area contributed by atoms with Crippen LogP contribution in [0.4, 0.5) is 5.82 Å². The predicted molar refractivity (Wildman–Crippen MR) is 88.1 cm³/mol. The van der Waals surface area contributed by atoms with Crippen molar-refractivity contribution in [2.45, 2.75) is 26.4 Å². The number of anilines is 1. The molecule has 0 unspecified atom stereocenters. The second kappa shape index (κ2) is 5.21. The maximum Gasteiger partial charge on any atom is 0.129 e. The molecule has 0 aliphatic carbocycles. The fourth-order valence-corrected chi connectivity index (χ4v) is 2.97. The number of nitrogens with zero attached hydrogens (tertiary/aromatic N) is 4. The zero-order valence-electron chi connectivity index (χ0n) is 12.3. The van der Waals surface area contributed by atoms with Crippen LogP contribution < -0.4 is 4.90 Å². The monoisotopic (exact) mass is 310 g/mol. The molecule has 1 aliphatic heterocycles. The van der Waals surface area contributed by atoms with Gasteiger partial charge in [0.1, 0.15) is 11.6 Å². The van der Waals surface area contributed by atoms with Crippen molar-refractivity contribution in [3.63, 3.8) is 0 Å².